The van der Waals surface area contributed by atoms with E-state index in [0.717, 1.165) is 17.0 Å². The maximum atomic E-state index is 9.31. The standard InChI is InChI=1S/C16H20N4O/c1-16(2,3)14-13(9-17)15(18)20(19-14)10-11-5-7-12(21-4)8-6-11/h5-8H,10,18H2,1-4H3. The first-order valence-corrected chi connectivity index (χ1v) is 6.76. The van der Waals surface area contributed by atoms with E-state index in [4.69, 9.17) is 10.5 Å². The number of hydrogen-bond acceptors (Lipinski definition) is 4. The molecule has 0 spiro atoms. The molecule has 0 atom stereocenters. The van der Waals surface area contributed by atoms with Crippen LogP contribution < -0.4 is 10.5 Å². The highest BCUT2D eigenvalue weighted by molar-refractivity contribution is 5.54. The van der Waals surface area contributed by atoms with Crippen molar-refractivity contribution in [2.75, 3.05) is 12.8 Å². The van der Waals surface area contributed by atoms with Gasteiger partial charge in [-0.1, -0.05) is 32.9 Å². The van der Waals surface area contributed by atoms with Crippen LogP contribution in [0.2, 0.25) is 0 Å². The van der Waals surface area contributed by atoms with Crippen molar-refractivity contribution in [1.29, 1.82) is 5.26 Å². The van der Waals surface area contributed by atoms with E-state index in [1.165, 1.54) is 0 Å². The number of ether oxygens (including phenoxy) is 1. The number of nitrogens with zero attached hydrogens (tertiary/aromatic N) is 3. The van der Waals surface area contributed by atoms with Crippen molar-refractivity contribution in [3.05, 3.63) is 41.1 Å². The molecule has 2 N–H and O–H groups in total. The summed E-state index contributed by atoms with van der Waals surface area (Å²) in [7, 11) is 1.63. The molecule has 0 aliphatic rings. The first-order chi connectivity index (χ1) is 9.86. The summed E-state index contributed by atoms with van der Waals surface area (Å²) in [4.78, 5) is 0. The van der Waals surface area contributed by atoms with Gasteiger partial charge in [-0.3, -0.25) is 0 Å². The van der Waals surface area contributed by atoms with Crippen LogP contribution in [0.5, 0.6) is 5.75 Å². The van der Waals surface area contributed by atoms with Gasteiger partial charge in [0, 0.05) is 5.41 Å². The third-order valence-corrected chi connectivity index (χ3v) is 3.31. The van der Waals surface area contributed by atoms with Crippen LogP contribution in [0.15, 0.2) is 24.3 Å². The lowest BCUT2D eigenvalue weighted by atomic mass is 9.90. The zero-order valence-corrected chi connectivity index (χ0v) is 12.8. The quantitative estimate of drug-likeness (QED) is 0.940. The first-order valence-electron chi connectivity index (χ1n) is 6.76. The number of hydrogen-bond donors (Lipinski definition) is 1. The Bertz CT molecular complexity index is 672. The van der Waals surface area contributed by atoms with Crippen LogP contribution in [0, 0.1) is 11.3 Å². The number of rotatable bonds is 3. The van der Waals surface area contributed by atoms with Gasteiger partial charge in [-0.2, -0.15) is 10.4 Å². The number of methoxy groups -OCH3 is 1. The molecule has 0 aliphatic heterocycles. The normalized spacial score (nSPS) is 11.2. The van der Waals surface area contributed by atoms with Crippen molar-refractivity contribution in [1.82, 2.24) is 9.78 Å². The summed E-state index contributed by atoms with van der Waals surface area (Å²) in [5.74, 6) is 1.22. The summed E-state index contributed by atoms with van der Waals surface area (Å²) in [6.07, 6.45) is 0. The summed E-state index contributed by atoms with van der Waals surface area (Å²) in [6.45, 7) is 6.59. The molecule has 0 bridgehead atoms. The van der Waals surface area contributed by atoms with E-state index in [1.54, 1.807) is 11.8 Å². The molecule has 0 fully saturated rings. The molecule has 5 heteroatoms. The molecular formula is C16H20N4O. The number of nitrogen functional groups attached to an aromatic ring is 1. The van der Waals surface area contributed by atoms with Gasteiger partial charge < -0.3 is 10.5 Å². The molecule has 110 valence electrons. The Hall–Kier alpha value is -2.48. The van der Waals surface area contributed by atoms with Crippen molar-refractivity contribution in [3.63, 3.8) is 0 Å². The largest absolute Gasteiger partial charge is 0.497 e. The fraction of sp³-hybridized carbons (Fsp3) is 0.375. The van der Waals surface area contributed by atoms with E-state index in [0.29, 0.717) is 17.9 Å². The van der Waals surface area contributed by atoms with Crippen molar-refractivity contribution < 1.29 is 4.74 Å². The smallest absolute Gasteiger partial charge is 0.140 e. The predicted molar refractivity (Wildman–Crippen MR) is 82.2 cm³/mol. The lowest BCUT2D eigenvalue weighted by Crippen LogP contribution is -2.14. The van der Waals surface area contributed by atoms with Crippen LogP contribution in [-0.2, 0) is 12.0 Å². The molecule has 1 aromatic carbocycles. The van der Waals surface area contributed by atoms with Crippen molar-refractivity contribution in [3.8, 4) is 11.8 Å². The SMILES string of the molecule is COc1ccc(Cn2nc(C(C)(C)C)c(C#N)c2N)cc1. The van der Waals surface area contributed by atoms with Crippen LogP contribution in [0.4, 0.5) is 5.82 Å². The highest BCUT2D eigenvalue weighted by Gasteiger charge is 2.25. The highest BCUT2D eigenvalue weighted by atomic mass is 16.5. The van der Waals surface area contributed by atoms with Gasteiger partial charge in [-0.25, -0.2) is 4.68 Å². The Morgan fingerprint density at radius 2 is 1.90 bits per heavy atom. The molecule has 2 aromatic rings. The van der Waals surface area contributed by atoms with Crippen molar-refractivity contribution in [2.24, 2.45) is 0 Å². The molecule has 5 nitrogen and oxygen atoms in total. The summed E-state index contributed by atoms with van der Waals surface area (Å²) >= 11 is 0. The van der Waals surface area contributed by atoms with Crippen LogP contribution in [0.3, 0.4) is 0 Å². The fourth-order valence-corrected chi connectivity index (χ4v) is 2.13. The third-order valence-electron chi connectivity index (χ3n) is 3.31. The number of nitriles is 1. The maximum Gasteiger partial charge on any atom is 0.140 e. The van der Waals surface area contributed by atoms with Crippen LogP contribution in [-0.4, -0.2) is 16.9 Å². The second-order valence-corrected chi connectivity index (χ2v) is 5.98. The Morgan fingerprint density at radius 3 is 2.33 bits per heavy atom. The number of aromatic nitrogens is 2. The summed E-state index contributed by atoms with van der Waals surface area (Å²) in [5.41, 5.74) is 8.10. The first kappa shape index (κ1) is 14.9. The van der Waals surface area contributed by atoms with Crippen molar-refractivity contribution in [2.45, 2.75) is 32.7 Å². The average molecular weight is 284 g/mol. The minimum atomic E-state index is -0.218. The van der Waals surface area contributed by atoms with E-state index in [9.17, 15) is 5.26 Å². The molecule has 21 heavy (non-hydrogen) atoms. The molecule has 0 radical (unpaired) electrons. The number of anilines is 1. The summed E-state index contributed by atoms with van der Waals surface area (Å²) in [6, 6.07) is 9.88. The van der Waals surface area contributed by atoms with Gasteiger partial charge in [0.25, 0.3) is 0 Å². The minimum Gasteiger partial charge on any atom is -0.497 e. The zero-order valence-electron chi connectivity index (χ0n) is 12.8. The molecule has 1 heterocycles. The van der Waals surface area contributed by atoms with Crippen LogP contribution in [0.25, 0.3) is 0 Å². The van der Waals surface area contributed by atoms with Gasteiger partial charge in [0.15, 0.2) is 0 Å². The maximum absolute atomic E-state index is 9.31. The highest BCUT2D eigenvalue weighted by Crippen LogP contribution is 2.28. The molecule has 0 aliphatic carbocycles. The molecule has 0 unspecified atom stereocenters. The Balaban J connectivity index is 2.36. The molecule has 0 amide bonds. The minimum absolute atomic E-state index is 0.218. The van der Waals surface area contributed by atoms with E-state index in [-0.39, 0.29) is 5.41 Å². The predicted octanol–water partition coefficient (Wildman–Crippen LogP) is 2.69. The lowest BCUT2D eigenvalue weighted by Gasteiger charge is -2.15. The van der Waals surface area contributed by atoms with E-state index in [1.807, 2.05) is 45.0 Å². The van der Waals surface area contributed by atoms with Crippen molar-refractivity contribution >= 4 is 5.82 Å². The number of benzene rings is 1. The van der Waals surface area contributed by atoms with Crippen LogP contribution in [0.1, 0.15) is 37.6 Å². The second-order valence-electron chi connectivity index (χ2n) is 5.98. The molecular weight excluding hydrogens is 264 g/mol. The Morgan fingerprint density at radius 1 is 1.29 bits per heavy atom. The van der Waals surface area contributed by atoms with Gasteiger partial charge in [0.2, 0.25) is 0 Å². The van der Waals surface area contributed by atoms with E-state index >= 15 is 0 Å². The van der Waals surface area contributed by atoms with Gasteiger partial charge >= 0.3 is 0 Å². The topological polar surface area (TPSA) is 76.9 Å². The summed E-state index contributed by atoms with van der Waals surface area (Å²) in [5, 5.41) is 13.8. The summed E-state index contributed by atoms with van der Waals surface area (Å²) < 4.78 is 6.82. The molecule has 2 rings (SSSR count). The molecule has 0 saturated carbocycles. The zero-order chi connectivity index (χ0) is 15.6. The van der Waals surface area contributed by atoms with Crippen LogP contribution >= 0.6 is 0 Å². The molecule has 0 saturated heterocycles. The lowest BCUT2D eigenvalue weighted by molar-refractivity contribution is 0.414. The van der Waals surface area contributed by atoms with Gasteiger partial charge in [0.1, 0.15) is 23.2 Å². The Labute approximate surface area is 124 Å². The van der Waals surface area contributed by atoms with Gasteiger partial charge in [0.05, 0.1) is 19.3 Å². The van der Waals surface area contributed by atoms with E-state index < -0.39 is 0 Å². The molecule has 1 aromatic heterocycles. The number of nitrogens with two attached hydrogens (primary N) is 1. The second kappa shape index (κ2) is 5.49. The van der Waals surface area contributed by atoms with E-state index in [2.05, 4.69) is 11.2 Å². The average Bonchev–Trinajstić information content (AvgIpc) is 2.76. The van der Waals surface area contributed by atoms with Gasteiger partial charge in [-0.05, 0) is 17.7 Å². The monoisotopic (exact) mass is 284 g/mol. The fourth-order valence-electron chi connectivity index (χ4n) is 2.13. The van der Waals surface area contributed by atoms with Gasteiger partial charge in [-0.15, -0.1) is 0 Å². The third kappa shape index (κ3) is 3.00. The Kier molecular flexibility index (Phi) is 3.90.